The van der Waals surface area contributed by atoms with E-state index < -0.39 is 0 Å². The Labute approximate surface area is 79.2 Å². The Morgan fingerprint density at radius 2 is 2.08 bits per heavy atom. The topological polar surface area (TPSA) is 29.1 Å². The Bertz CT molecular complexity index is 246. The summed E-state index contributed by atoms with van der Waals surface area (Å²) in [7, 11) is 0. The first-order valence-corrected chi connectivity index (χ1v) is 4.67. The van der Waals surface area contributed by atoms with Crippen LogP contribution in [0.15, 0.2) is 24.3 Å². The maximum Gasteiger partial charge on any atom is 0.124 e. The summed E-state index contributed by atoms with van der Waals surface area (Å²) < 4.78 is 5.47. The van der Waals surface area contributed by atoms with E-state index in [-0.39, 0.29) is 6.61 Å². The first kappa shape index (κ1) is 10.1. The lowest BCUT2D eigenvalue weighted by atomic mass is 10.2. The number of ether oxygens (including phenoxy) is 1. The maximum absolute atomic E-state index is 10.7. The third kappa shape index (κ3) is 3.07. The van der Waals surface area contributed by atoms with Crippen LogP contribution in [0, 0.1) is 0 Å². The molecule has 13 heavy (non-hydrogen) atoms. The van der Waals surface area contributed by atoms with E-state index in [4.69, 9.17) is 4.74 Å². The summed E-state index contributed by atoms with van der Waals surface area (Å²) >= 11 is 0. The van der Waals surface area contributed by atoms with E-state index in [1.807, 2.05) is 24.3 Å². The van der Waals surface area contributed by atoms with Crippen LogP contribution in [0.25, 0.3) is 0 Å². The molecule has 0 fully saturated rings. The number of hydrogen-bond acceptors (Lipinski definition) is 1. The highest BCUT2D eigenvalue weighted by molar-refractivity contribution is 5.32. The molecule has 0 aliphatic carbocycles. The van der Waals surface area contributed by atoms with Crippen molar-refractivity contribution in [2.75, 3.05) is 6.61 Å². The Kier molecular flexibility index (Phi) is 4.33. The third-order valence-electron chi connectivity index (χ3n) is 1.88. The number of para-hydroxylation sites is 1. The smallest absolute Gasteiger partial charge is 0.124 e. The van der Waals surface area contributed by atoms with Gasteiger partial charge in [-0.2, -0.15) is 0 Å². The van der Waals surface area contributed by atoms with Gasteiger partial charge in [0.05, 0.1) is 6.61 Å². The second kappa shape index (κ2) is 5.60. The van der Waals surface area contributed by atoms with Gasteiger partial charge < -0.3 is 4.74 Å². The number of rotatable bonds is 5. The monoisotopic (exact) mass is 179 g/mol. The fraction of sp³-hybridized carbons (Fsp3) is 0.455. The van der Waals surface area contributed by atoms with Crippen LogP contribution in [-0.4, -0.2) is 6.61 Å². The molecule has 0 saturated carbocycles. The van der Waals surface area contributed by atoms with Crippen LogP contribution in [-0.2, 0) is 11.7 Å². The molecule has 0 aromatic heterocycles. The molecule has 1 aromatic carbocycles. The van der Waals surface area contributed by atoms with Gasteiger partial charge in [-0.25, -0.2) is 5.11 Å². The molecule has 0 spiro atoms. The number of hydrogen-bond donors (Lipinski definition) is 0. The molecule has 0 unspecified atom stereocenters. The first-order valence-electron chi connectivity index (χ1n) is 4.67. The number of benzene rings is 1. The summed E-state index contributed by atoms with van der Waals surface area (Å²) in [5, 5.41) is 10.7. The molecule has 71 valence electrons. The average Bonchev–Trinajstić information content (AvgIpc) is 2.19. The lowest BCUT2D eigenvalue weighted by molar-refractivity contribution is 0.172. The molecule has 0 aliphatic heterocycles. The largest absolute Gasteiger partial charge is 0.493 e. The zero-order valence-corrected chi connectivity index (χ0v) is 7.95. The van der Waals surface area contributed by atoms with Gasteiger partial charge in [0.15, 0.2) is 0 Å². The van der Waals surface area contributed by atoms with Crippen molar-refractivity contribution in [1.82, 2.24) is 0 Å². The molecule has 1 aromatic rings. The van der Waals surface area contributed by atoms with Crippen molar-refractivity contribution in [3.63, 3.8) is 0 Å². The van der Waals surface area contributed by atoms with E-state index in [0.29, 0.717) is 6.61 Å². The van der Waals surface area contributed by atoms with Crippen LogP contribution in [0.3, 0.4) is 0 Å². The van der Waals surface area contributed by atoms with Gasteiger partial charge in [0.2, 0.25) is 0 Å². The summed E-state index contributed by atoms with van der Waals surface area (Å²) in [4.78, 5) is 0. The minimum atomic E-state index is -0.206. The summed E-state index contributed by atoms with van der Waals surface area (Å²) in [6.45, 7) is 2.61. The molecule has 2 nitrogen and oxygen atoms in total. The summed E-state index contributed by atoms with van der Waals surface area (Å²) in [5.41, 5.74) is 0.749. The van der Waals surface area contributed by atoms with Crippen molar-refractivity contribution >= 4 is 0 Å². The average molecular weight is 179 g/mol. The van der Waals surface area contributed by atoms with E-state index >= 15 is 0 Å². The predicted molar refractivity (Wildman–Crippen MR) is 51.2 cm³/mol. The van der Waals surface area contributed by atoms with Gasteiger partial charge in [-0.3, -0.25) is 0 Å². The molecule has 0 atom stereocenters. The van der Waals surface area contributed by atoms with Crippen LogP contribution in [0.5, 0.6) is 5.75 Å². The van der Waals surface area contributed by atoms with Crippen LogP contribution in [0.1, 0.15) is 25.3 Å². The molecule has 0 saturated heterocycles. The van der Waals surface area contributed by atoms with Crippen LogP contribution >= 0.6 is 0 Å². The Morgan fingerprint density at radius 1 is 1.31 bits per heavy atom. The second-order valence-corrected chi connectivity index (χ2v) is 2.95. The number of unbranched alkanes of at least 4 members (excludes halogenated alkanes) is 1. The zero-order chi connectivity index (χ0) is 9.52. The molecule has 2 heteroatoms. The molecular weight excluding hydrogens is 164 g/mol. The fourth-order valence-electron chi connectivity index (χ4n) is 1.09. The third-order valence-corrected chi connectivity index (χ3v) is 1.88. The van der Waals surface area contributed by atoms with Gasteiger partial charge >= 0.3 is 0 Å². The van der Waals surface area contributed by atoms with Crippen LogP contribution < -0.4 is 4.74 Å². The second-order valence-electron chi connectivity index (χ2n) is 2.95. The highest BCUT2D eigenvalue weighted by Gasteiger charge is 2.00. The van der Waals surface area contributed by atoms with Crippen molar-refractivity contribution in [2.45, 2.75) is 26.4 Å². The minimum Gasteiger partial charge on any atom is -0.493 e. The first-order chi connectivity index (χ1) is 6.38. The minimum absolute atomic E-state index is 0.206. The van der Waals surface area contributed by atoms with Crippen molar-refractivity contribution in [2.24, 2.45) is 0 Å². The predicted octanol–water partition coefficient (Wildman–Crippen LogP) is 2.80. The normalized spacial score (nSPS) is 10.0. The lowest BCUT2D eigenvalue weighted by Gasteiger charge is -2.08. The van der Waals surface area contributed by atoms with Gasteiger partial charge in [0.1, 0.15) is 12.4 Å². The van der Waals surface area contributed by atoms with Gasteiger partial charge in [-0.15, -0.1) is 0 Å². The van der Waals surface area contributed by atoms with Gasteiger partial charge in [0.25, 0.3) is 0 Å². The Balaban J connectivity index is 2.54. The van der Waals surface area contributed by atoms with E-state index in [9.17, 15) is 5.11 Å². The standard InChI is InChI=1S/C11H15O2/c1-2-3-8-13-11-7-5-4-6-10(11)9-12/h4-7H,2-3,8-9H2,1H3. The van der Waals surface area contributed by atoms with Crippen LogP contribution in [0.4, 0.5) is 0 Å². The van der Waals surface area contributed by atoms with E-state index in [1.165, 1.54) is 0 Å². The molecule has 0 aliphatic rings. The Hall–Kier alpha value is -1.02. The maximum atomic E-state index is 10.7. The van der Waals surface area contributed by atoms with E-state index in [2.05, 4.69) is 6.92 Å². The molecule has 0 bridgehead atoms. The fourth-order valence-corrected chi connectivity index (χ4v) is 1.09. The van der Waals surface area contributed by atoms with Crippen molar-refractivity contribution in [3.8, 4) is 5.75 Å². The summed E-state index contributed by atoms with van der Waals surface area (Å²) in [5.74, 6) is 0.742. The Morgan fingerprint density at radius 3 is 2.77 bits per heavy atom. The lowest BCUT2D eigenvalue weighted by Crippen LogP contribution is -1.99. The van der Waals surface area contributed by atoms with E-state index in [1.54, 1.807) is 0 Å². The van der Waals surface area contributed by atoms with Crippen LogP contribution in [0.2, 0.25) is 0 Å². The molecule has 1 radical (unpaired) electrons. The van der Waals surface area contributed by atoms with Crippen molar-refractivity contribution in [3.05, 3.63) is 29.8 Å². The van der Waals surface area contributed by atoms with E-state index in [0.717, 1.165) is 24.2 Å². The highest BCUT2D eigenvalue weighted by Crippen LogP contribution is 2.17. The molecule has 0 amide bonds. The molecule has 0 heterocycles. The summed E-state index contributed by atoms with van der Waals surface area (Å²) in [6.07, 6.45) is 2.15. The van der Waals surface area contributed by atoms with Gasteiger partial charge in [-0.05, 0) is 12.5 Å². The van der Waals surface area contributed by atoms with Gasteiger partial charge in [-0.1, -0.05) is 31.5 Å². The quantitative estimate of drug-likeness (QED) is 0.639. The molecular formula is C11H15O2. The SMILES string of the molecule is CCCCOc1ccccc1C[O]. The van der Waals surface area contributed by atoms with Crippen molar-refractivity contribution in [1.29, 1.82) is 0 Å². The molecule has 0 N–H and O–H groups in total. The zero-order valence-electron chi connectivity index (χ0n) is 7.95. The van der Waals surface area contributed by atoms with Gasteiger partial charge in [0, 0.05) is 5.56 Å². The summed E-state index contributed by atoms with van der Waals surface area (Å²) in [6, 6.07) is 7.41. The van der Waals surface area contributed by atoms with Crippen molar-refractivity contribution < 1.29 is 9.84 Å². The molecule has 1 rings (SSSR count). The highest BCUT2D eigenvalue weighted by atomic mass is 16.5.